The SMILES string of the molecule is CNc1nc(Sc2ccccc2Cl)nc(N(C)C)n1. The highest BCUT2D eigenvalue weighted by atomic mass is 35.5. The van der Waals surface area contributed by atoms with Crippen molar-refractivity contribution >= 4 is 35.3 Å². The van der Waals surface area contributed by atoms with E-state index in [4.69, 9.17) is 11.6 Å². The van der Waals surface area contributed by atoms with E-state index in [9.17, 15) is 0 Å². The smallest absolute Gasteiger partial charge is 0.230 e. The van der Waals surface area contributed by atoms with Crippen molar-refractivity contribution in [3.05, 3.63) is 29.3 Å². The summed E-state index contributed by atoms with van der Waals surface area (Å²) in [4.78, 5) is 15.7. The Balaban J connectivity index is 2.34. The van der Waals surface area contributed by atoms with Crippen molar-refractivity contribution < 1.29 is 0 Å². The predicted octanol–water partition coefficient (Wildman–Crippen LogP) is 2.78. The number of nitrogens with one attached hydrogen (secondary N) is 1. The largest absolute Gasteiger partial charge is 0.357 e. The van der Waals surface area contributed by atoms with Gasteiger partial charge < -0.3 is 10.2 Å². The monoisotopic (exact) mass is 295 g/mol. The van der Waals surface area contributed by atoms with Gasteiger partial charge in [-0.3, -0.25) is 0 Å². The molecule has 0 saturated carbocycles. The number of nitrogens with zero attached hydrogens (tertiary/aromatic N) is 4. The van der Waals surface area contributed by atoms with Crippen LogP contribution in [-0.2, 0) is 0 Å². The van der Waals surface area contributed by atoms with Crippen LogP contribution in [0.25, 0.3) is 0 Å². The van der Waals surface area contributed by atoms with Crippen molar-refractivity contribution in [3.63, 3.8) is 0 Å². The van der Waals surface area contributed by atoms with E-state index in [1.54, 1.807) is 7.05 Å². The summed E-state index contributed by atoms with van der Waals surface area (Å²) in [5.74, 6) is 1.14. The quantitative estimate of drug-likeness (QED) is 0.936. The van der Waals surface area contributed by atoms with Crippen LogP contribution < -0.4 is 10.2 Å². The molecule has 0 radical (unpaired) electrons. The molecule has 1 aromatic heterocycles. The molecular formula is C12H14ClN5S. The number of halogens is 1. The average Bonchev–Trinajstić information content (AvgIpc) is 2.41. The van der Waals surface area contributed by atoms with Gasteiger partial charge in [0.05, 0.1) is 5.02 Å². The van der Waals surface area contributed by atoms with Crippen LogP contribution in [0.4, 0.5) is 11.9 Å². The van der Waals surface area contributed by atoms with Gasteiger partial charge in [-0.1, -0.05) is 23.7 Å². The van der Waals surface area contributed by atoms with E-state index < -0.39 is 0 Å². The minimum atomic E-state index is 0.535. The molecule has 2 aromatic rings. The van der Waals surface area contributed by atoms with Crippen LogP contribution in [0.3, 0.4) is 0 Å². The maximum atomic E-state index is 6.13. The van der Waals surface area contributed by atoms with E-state index in [0.29, 0.717) is 22.1 Å². The van der Waals surface area contributed by atoms with Crippen molar-refractivity contribution in [1.29, 1.82) is 0 Å². The Bertz CT molecular complexity index is 576. The predicted molar refractivity (Wildman–Crippen MR) is 79.3 cm³/mol. The van der Waals surface area contributed by atoms with Crippen LogP contribution in [0.5, 0.6) is 0 Å². The minimum absolute atomic E-state index is 0.535. The summed E-state index contributed by atoms with van der Waals surface area (Å²) in [7, 11) is 5.55. The second kappa shape index (κ2) is 6.08. The zero-order chi connectivity index (χ0) is 13.8. The standard InChI is InChI=1S/C12H14ClN5S/c1-14-10-15-11(18(2)3)17-12(16-10)19-9-7-5-4-6-8(9)13/h4-7H,1-3H3,(H,14,15,16,17). The minimum Gasteiger partial charge on any atom is -0.357 e. The summed E-state index contributed by atoms with van der Waals surface area (Å²) >= 11 is 7.55. The molecule has 0 unspecified atom stereocenters. The Morgan fingerprint density at radius 3 is 2.53 bits per heavy atom. The Labute approximate surface area is 121 Å². The highest BCUT2D eigenvalue weighted by molar-refractivity contribution is 7.99. The molecule has 0 amide bonds. The van der Waals surface area contributed by atoms with E-state index in [1.807, 2.05) is 43.3 Å². The van der Waals surface area contributed by atoms with Crippen LogP contribution in [-0.4, -0.2) is 36.1 Å². The van der Waals surface area contributed by atoms with Gasteiger partial charge >= 0.3 is 0 Å². The molecule has 2 rings (SSSR count). The molecule has 5 nitrogen and oxygen atoms in total. The van der Waals surface area contributed by atoms with E-state index in [2.05, 4.69) is 20.3 Å². The molecule has 0 spiro atoms. The Kier molecular flexibility index (Phi) is 4.44. The highest BCUT2D eigenvalue weighted by Crippen LogP contribution is 2.31. The summed E-state index contributed by atoms with van der Waals surface area (Å²) in [6.07, 6.45) is 0. The highest BCUT2D eigenvalue weighted by Gasteiger charge is 2.10. The Morgan fingerprint density at radius 1 is 1.16 bits per heavy atom. The molecule has 0 saturated heterocycles. The van der Waals surface area contributed by atoms with Gasteiger partial charge in [0.2, 0.25) is 11.9 Å². The molecule has 19 heavy (non-hydrogen) atoms. The third-order valence-electron chi connectivity index (χ3n) is 2.26. The molecule has 0 aliphatic heterocycles. The molecule has 0 aliphatic carbocycles. The third-order valence-corrected chi connectivity index (χ3v) is 3.65. The first-order valence-electron chi connectivity index (χ1n) is 5.63. The first-order chi connectivity index (χ1) is 9.10. The maximum absolute atomic E-state index is 6.13. The molecule has 100 valence electrons. The van der Waals surface area contributed by atoms with Gasteiger partial charge in [-0.25, -0.2) is 0 Å². The lowest BCUT2D eigenvalue weighted by molar-refractivity contribution is 0.870. The van der Waals surface area contributed by atoms with Crippen molar-refractivity contribution in [1.82, 2.24) is 15.0 Å². The van der Waals surface area contributed by atoms with Crippen LogP contribution in [0.2, 0.25) is 5.02 Å². The summed E-state index contributed by atoms with van der Waals surface area (Å²) in [6.45, 7) is 0. The average molecular weight is 296 g/mol. The van der Waals surface area contributed by atoms with Gasteiger partial charge in [0.25, 0.3) is 0 Å². The summed E-state index contributed by atoms with van der Waals surface area (Å²) in [6, 6.07) is 7.60. The molecule has 1 N–H and O–H groups in total. The molecule has 0 aliphatic rings. The van der Waals surface area contributed by atoms with Gasteiger partial charge in [-0.05, 0) is 23.9 Å². The van der Waals surface area contributed by atoms with Crippen LogP contribution in [0, 0.1) is 0 Å². The first kappa shape index (κ1) is 13.9. The van der Waals surface area contributed by atoms with E-state index in [1.165, 1.54) is 11.8 Å². The van der Waals surface area contributed by atoms with Crippen LogP contribution >= 0.6 is 23.4 Å². The molecule has 0 bridgehead atoms. The zero-order valence-electron chi connectivity index (χ0n) is 10.9. The fourth-order valence-corrected chi connectivity index (χ4v) is 2.35. The topological polar surface area (TPSA) is 53.9 Å². The van der Waals surface area contributed by atoms with Gasteiger partial charge in [0.1, 0.15) is 0 Å². The van der Waals surface area contributed by atoms with E-state index >= 15 is 0 Å². The fourth-order valence-electron chi connectivity index (χ4n) is 1.33. The van der Waals surface area contributed by atoms with Crippen molar-refractivity contribution in [3.8, 4) is 0 Å². The van der Waals surface area contributed by atoms with E-state index in [-0.39, 0.29) is 0 Å². The van der Waals surface area contributed by atoms with Gasteiger partial charge in [-0.2, -0.15) is 15.0 Å². The molecule has 1 heterocycles. The molecule has 0 fully saturated rings. The van der Waals surface area contributed by atoms with Crippen molar-refractivity contribution in [2.24, 2.45) is 0 Å². The Hall–Kier alpha value is -1.53. The molecular weight excluding hydrogens is 282 g/mol. The number of aromatic nitrogens is 3. The van der Waals surface area contributed by atoms with Crippen molar-refractivity contribution in [2.45, 2.75) is 10.1 Å². The van der Waals surface area contributed by atoms with E-state index in [0.717, 1.165) is 4.90 Å². The summed E-state index contributed by atoms with van der Waals surface area (Å²) < 4.78 is 0. The first-order valence-corrected chi connectivity index (χ1v) is 6.83. The molecule has 1 aromatic carbocycles. The number of hydrogen-bond donors (Lipinski definition) is 1. The fraction of sp³-hybridized carbons (Fsp3) is 0.250. The van der Waals surface area contributed by atoms with Crippen molar-refractivity contribution in [2.75, 3.05) is 31.4 Å². The normalized spacial score (nSPS) is 10.3. The second-order valence-corrected chi connectivity index (χ2v) is 5.33. The second-order valence-electron chi connectivity index (χ2n) is 3.92. The number of rotatable bonds is 4. The maximum Gasteiger partial charge on any atom is 0.230 e. The van der Waals surface area contributed by atoms with Crippen LogP contribution in [0.15, 0.2) is 34.3 Å². The number of anilines is 2. The van der Waals surface area contributed by atoms with Gasteiger partial charge in [-0.15, -0.1) is 0 Å². The third kappa shape index (κ3) is 3.48. The summed E-state index contributed by atoms with van der Waals surface area (Å²) in [5.41, 5.74) is 0. The van der Waals surface area contributed by atoms with Gasteiger partial charge in [0, 0.05) is 26.0 Å². The molecule has 0 atom stereocenters. The summed E-state index contributed by atoms with van der Waals surface area (Å²) in [5, 5.41) is 4.22. The zero-order valence-corrected chi connectivity index (χ0v) is 12.5. The lowest BCUT2D eigenvalue weighted by Gasteiger charge is -2.12. The lowest BCUT2D eigenvalue weighted by Crippen LogP contribution is -2.15. The number of benzene rings is 1. The molecule has 7 heteroatoms. The van der Waals surface area contributed by atoms with Crippen LogP contribution in [0.1, 0.15) is 0 Å². The number of hydrogen-bond acceptors (Lipinski definition) is 6. The lowest BCUT2D eigenvalue weighted by atomic mass is 10.4. The Morgan fingerprint density at radius 2 is 1.89 bits per heavy atom. The van der Waals surface area contributed by atoms with Gasteiger partial charge in [0.15, 0.2) is 5.16 Å².